The highest BCUT2D eigenvalue weighted by atomic mass is 32.2. The molecule has 26 heavy (non-hydrogen) atoms. The molecule has 0 amide bonds. The number of rotatable bonds is 9. The Hall–Kier alpha value is -2.27. The molecule has 0 atom stereocenters. The van der Waals surface area contributed by atoms with E-state index < -0.39 is 16.0 Å². The number of carbonyl (C=O) groups excluding carboxylic acids is 1. The van der Waals surface area contributed by atoms with Crippen molar-refractivity contribution in [3.63, 3.8) is 0 Å². The van der Waals surface area contributed by atoms with E-state index in [1.807, 2.05) is 6.92 Å². The van der Waals surface area contributed by atoms with E-state index in [0.29, 0.717) is 25.5 Å². The van der Waals surface area contributed by atoms with Gasteiger partial charge < -0.3 is 9.30 Å². The van der Waals surface area contributed by atoms with Crippen LogP contribution in [0.15, 0.2) is 17.2 Å². The van der Waals surface area contributed by atoms with Crippen LogP contribution in [-0.4, -0.2) is 56.6 Å². The molecule has 0 saturated carbocycles. The van der Waals surface area contributed by atoms with Crippen molar-refractivity contribution in [2.75, 3.05) is 13.1 Å². The molecule has 11 heteroatoms. The molecule has 2 heterocycles. The molecule has 2 aromatic rings. The fourth-order valence-electron chi connectivity index (χ4n) is 2.51. The highest BCUT2D eigenvalue weighted by molar-refractivity contribution is 7.89. The Balaban J connectivity index is 2.15. The molecule has 0 aromatic carbocycles. The molecule has 0 N–H and O–H groups in total. The number of tetrazole rings is 1. The smallest absolute Gasteiger partial charge is 0.355 e. The van der Waals surface area contributed by atoms with E-state index >= 15 is 0 Å². The van der Waals surface area contributed by atoms with Gasteiger partial charge in [0.05, 0.1) is 0 Å². The van der Waals surface area contributed by atoms with Crippen molar-refractivity contribution >= 4 is 16.0 Å². The van der Waals surface area contributed by atoms with Crippen LogP contribution in [0.2, 0.25) is 0 Å². The molecule has 2 aromatic heterocycles. The minimum atomic E-state index is -3.64. The summed E-state index contributed by atoms with van der Waals surface area (Å²) in [6.07, 6.45) is 2.25. The predicted molar refractivity (Wildman–Crippen MR) is 92.7 cm³/mol. The third kappa shape index (κ3) is 4.10. The number of sulfonamides is 1. The summed E-state index contributed by atoms with van der Waals surface area (Å²) in [5.41, 5.74) is 0.144. The van der Waals surface area contributed by atoms with Gasteiger partial charge >= 0.3 is 5.97 Å². The van der Waals surface area contributed by atoms with Gasteiger partial charge in [-0.25, -0.2) is 17.9 Å². The van der Waals surface area contributed by atoms with E-state index in [1.54, 1.807) is 25.6 Å². The summed E-state index contributed by atoms with van der Waals surface area (Å²) in [6.45, 7) is 6.76. The van der Waals surface area contributed by atoms with E-state index in [-0.39, 0.29) is 17.2 Å². The summed E-state index contributed by atoms with van der Waals surface area (Å²) in [4.78, 5) is 12.4. The second-order valence-corrected chi connectivity index (χ2v) is 7.59. The fourth-order valence-corrected chi connectivity index (χ4v) is 4.04. The first-order chi connectivity index (χ1) is 12.3. The Bertz CT molecular complexity index is 853. The molecule has 10 nitrogen and oxygen atoms in total. The average Bonchev–Trinajstić information content (AvgIpc) is 3.21. The molecule has 0 bridgehead atoms. The number of hydrogen-bond acceptors (Lipinski definition) is 7. The van der Waals surface area contributed by atoms with Gasteiger partial charge in [-0.05, 0) is 22.9 Å². The molecule has 144 valence electrons. The largest absolute Gasteiger partial charge is 0.453 e. The van der Waals surface area contributed by atoms with Crippen molar-refractivity contribution in [3.8, 4) is 0 Å². The maximum Gasteiger partial charge on any atom is 0.355 e. The van der Waals surface area contributed by atoms with Gasteiger partial charge in [0.2, 0.25) is 10.0 Å². The highest BCUT2D eigenvalue weighted by Crippen LogP contribution is 2.19. The summed E-state index contributed by atoms with van der Waals surface area (Å²) in [5, 5.41) is 11.2. The Morgan fingerprint density at radius 1 is 1.27 bits per heavy atom. The van der Waals surface area contributed by atoms with Crippen LogP contribution in [0.1, 0.15) is 43.5 Å². The van der Waals surface area contributed by atoms with Gasteiger partial charge in [0.1, 0.15) is 10.6 Å². The quantitative estimate of drug-likeness (QED) is 0.588. The molecule has 0 aliphatic heterocycles. The molecule has 0 radical (unpaired) electrons. The van der Waals surface area contributed by atoms with Gasteiger partial charge in [-0.15, -0.1) is 5.10 Å². The SMILES string of the molecule is CCCn1nnnc1COC(=O)c1cc(S(=O)(=O)N(CC)CC)cn1C. The van der Waals surface area contributed by atoms with Gasteiger partial charge in [0.25, 0.3) is 0 Å². The number of hydrogen-bond donors (Lipinski definition) is 0. The zero-order valence-corrected chi connectivity index (χ0v) is 16.2. The fraction of sp³-hybridized carbons (Fsp3) is 0.600. The lowest BCUT2D eigenvalue weighted by Crippen LogP contribution is -2.30. The molecule has 0 fully saturated rings. The van der Waals surface area contributed by atoms with Crippen molar-refractivity contribution in [1.29, 1.82) is 0 Å². The van der Waals surface area contributed by atoms with Crippen LogP contribution < -0.4 is 0 Å². The van der Waals surface area contributed by atoms with Gasteiger partial charge in [0.15, 0.2) is 12.4 Å². The Labute approximate surface area is 152 Å². The van der Waals surface area contributed by atoms with E-state index in [0.717, 1.165) is 6.42 Å². The van der Waals surface area contributed by atoms with Gasteiger partial charge in [-0.2, -0.15) is 4.31 Å². The van der Waals surface area contributed by atoms with E-state index in [2.05, 4.69) is 15.5 Å². The van der Waals surface area contributed by atoms with Crippen LogP contribution in [0.4, 0.5) is 0 Å². The summed E-state index contributed by atoms with van der Waals surface area (Å²) < 4.78 is 34.7. The van der Waals surface area contributed by atoms with Crippen LogP contribution in [0.25, 0.3) is 0 Å². The molecule has 0 saturated heterocycles. The second kappa shape index (κ2) is 8.41. The molecule has 0 aliphatic carbocycles. The molecule has 0 aliphatic rings. The minimum absolute atomic E-state index is 0.0615. The number of nitrogens with zero attached hydrogens (tertiary/aromatic N) is 6. The van der Waals surface area contributed by atoms with Crippen molar-refractivity contribution in [2.24, 2.45) is 7.05 Å². The Morgan fingerprint density at radius 2 is 1.96 bits per heavy atom. The van der Waals surface area contributed by atoms with Crippen molar-refractivity contribution in [3.05, 3.63) is 23.8 Å². The number of ether oxygens (including phenoxy) is 1. The zero-order chi connectivity index (χ0) is 19.3. The lowest BCUT2D eigenvalue weighted by molar-refractivity contribution is 0.0445. The number of esters is 1. The summed E-state index contributed by atoms with van der Waals surface area (Å²) >= 11 is 0. The Kier molecular flexibility index (Phi) is 6.48. The normalized spacial score (nSPS) is 11.9. The first kappa shape index (κ1) is 20.0. The van der Waals surface area contributed by atoms with E-state index in [4.69, 9.17) is 4.74 Å². The monoisotopic (exact) mass is 384 g/mol. The summed E-state index contributed by atoms with van der Waals surface area (Å²) in [7, 11) is -2.04. The zero-order valence-electron chi connectivity index (χ0n) is 15.4. The van der Waals surface area contributed by atoms with Crippen molar-refractivity contribution < 1.29 is 17.9 Å². The van der Waals surface area contributed by atoms with Crippen LogP contribution in [0, 0.1) is 0 Å². The standard InChI is InChI=1S/C15H24N6O4S/c1-5-8-21-14(16-17-18-21)11-25-15(22)13-9-12(10-19(13)4)26(23,24)20(6-2)7-3/h9-10H,5-8,11H2,1-4H3. The molecular formula is C15H24N6O4S. The maximum absolute atomic E-state index is 12.6. The average molecular weight is 384 g/mol. The van der Waals surface area contributed by atoms with Crippen LogP contribution in [0.3, 0.4) is 0 Å². The molecule has 0 unspecified atom stereocenters. The summed E-state index contributed by atoms with van der Waals surface area (Å²) in [5.74, 6) is -0.204. The van der Waals surface area contributed by atoms with E-state index in [9.17, 15) is 13.2 Å². The third-order valence-electron chi connectivity index (χ3n) is 3.91. The molecule has 2 rings (SSSR count). The maximum atomic E-state index is 12.6. The lowest BCUT2D eigenvalue weighted by atomic mass is 10.4. The highest BCUT2D eigenvalue weighted by Gasteiger charge is 2.26. The first-order valence-electron chi connectivity index (χ1n) is 8.43. The molecular weight excluding hydrogens is 360 g/mol. The van der Waals surface area contributed by atoms with Crippen molar-refractivity contribution in [2.45, 2.75) is 45.2 Å². The predicted octanol–water partition coefficient (Wildman–Crippen LogP) is 0.809. The van der Waals surface area contributed by atoms with Gasteiger partial charge in [0, 0.05) is 32.9 Å². The van der Waals surface area contributed by atoms with Crippen LogP contribution in [-0.2, 0) is 35.0 Å². The van der Waals surface area contributed by atoms with Gasteiger partial charge in [-0.3, -0.25) is 0 Å². The first-order valence-corrected chi connectivity index (χ1v) is 9.87. The van der Waals surface area contributed by atoms with Crippen LogP contribution in [0.5, 0.6) is 0 Å². The van der Waals surface area contributed by atoms with E-state index in [1.165, 1.54) is 21.1 Å². The van der Waals surface area contributed by atoms with Crippen molar-refractivity contribution in [1.82, 2.24) is 29.1 Å². The number of aromatic nitrogens is 5. The number of aryl methyl sites for hydroxylation is 2. The number of carbonyl (C=O) groups is 1. The summed E-state index contributed by atoms with van der Waals surface area (Å²) in [6, 6.07) is 1.32. The third-order valence-corrected chi connectivity index (χ3v) is 5.92. The second-order valence-electron chi connectivity index (χ2n) is 5.66. The molecule has 0 spiro atoms. The topological polar surface area (TPSA) is 112 Å². The minimum Gasteiger partial charge on any atom is -0.453 e. The Morgan fingerprint density at radius 3 is 2.58 bits per heavy atom. The van der Waals surface area contributed by atoms with Crippen LogP contribution >= 0.6 is 0 Å². The lowest BCUT2D eigenvalue weighted by Gasteiger charge is -2.17. The van der Waals surface area contributed by atoms with Gasteiger partial charge in [-0.1, -0.05) is 20.8 Å².